The van der Waals surface area contributed by atoms with Gasteiger partial charge in [0.05, 0.1) is 12.2 Å². The van der Waals surface area contributed by atoms with Crippen LogP contribution in [0.15, 0.2) is 23.3 Å². The third kappa shape index (κ3) is 5.26. The molecule has 1 atom stereocenters. The number of rotatable bonds is 3. The van der Waals surface area contributed by atoms with Gasteiger partial charge in [0.15, 0.2) is 5.96 Å². The third-order valence-corrected chi connectivity index (χ3v) is 5.14. The van der Waals surface area contributed by atoms with Crippen LogP contribution in [0, 0.1) is 11.7 Å². The molecule has 2 rings (SSSR count). The normalized spacial score (nSPS) is 19.0. The van der Waals surface area contributed by atoms with E-state index >= 15 is 0 Å². The largest absolute Gasteiger partial charge is 0.350 e. The van der Waals surface area contributed by atoms with Gasteiger partial charge in [-0.3, -0.25) is 9.98 Å². The highest BCUT2D eigenvalue weighted by atomic mass is 127. The van der Waals surface area contributed by atoms with Crippen LogP contribution in [0.4, 0.5) is 4.39 Å². The van der Waals surface area contributed by atoms with Crippen molar-refractivity contribution in [1.82, 2.24) is 15.2 Å². The Hall–Kier alpha value is -0.570. The van der Waals surface area contributed by atoms with Crippen LogP contribution in [-0.4, -0.2) is 47.0 Å². The molecule has 0 bridgehead atoms. The van der Waals surface area contributed by atoms with Gasteiger partial charge < -0.3 is 10.2 Å². The second kappa shape index (κ2) is 9.54. The van der Waals surface area contributed by atoms with E-state index in [0.29, 0.717) is 23.4 Å². The van der Waals surface area contributed by atoms with Gasteiger partial charge in [0, 0.05) is 37.3 Å². The van der Waals surface area contributed by atoms with Crippen molar-refractivity contribution in [1.29, 1.82) is 0 Å². The number of aliphatic imine (C=N–C) groups is 1. The zero-order valence-electron chi connectivity index (χ0n) is 13.3. The molecule has 0 aliphatic carbocycles. The minimum absolute atomic E-state index is 0. The predicted molar refractivity (Wildman–Crippen MR) is 102 cm³/mol. The molecule has 7 heteroatoms. The smallest absolute Gasteiger partial charge is 0.194 e. The molecule has 0 aromatic carbocycles. The van der Waals surface area contributed by atoms with Crippen molar-refractivity contribution in [3.05, 3.63) is 29.8 Å². The van der Waals surface area contributed by atoms with Crippen molar-refractivity contribution in [3.63, 3.8) is 0 Å². The third-order valence-electron chi connectivity index (χ3n) is 3.60. The van der Waals surface area contributed by atoms with E-state index in [-0.39, 0.29) is 29.8 Å². The fourth-order valence-electron chi connectivity index (χ4n) is 2.31. The predicted octanol–water partition coefficient (Wildman–Crippen LogP) is 2.99. The van der Waals surface area contributed by atoms with E-state index in [2.05, 4.69) is 34.0 Å². The second-order valence-electron chi connectivity index (χ2n) is 5.43. The average Bonchev–Trinajstić information content (AvgIpc) is 2.50. The summed E-state index contributed by atoms with van der Waals surface area (Å²) in [6, 6.07) is 3.03. The minimum Gasteiger partial charge on any atom is -0.350 e. The van der Waals surface area contributed by atoms with Crippen molar-refractivity contribution >= 4 is 41.7 Å². The van der Waals surface area contributed by atoms with E-state index in [1.165, 1.54) is 6.07 Å². The lowest BCUT2D eigenvalue weighted by atomic mass is 10.1. The molecule has 124 valence electrons. The summed E-state index contributed by atoms with van der Waals surface area (Å²) in [4.78, 5) is 10.6. The first-order chi connectivity index (χ1) is 10.1. The van der Waals surface area contributed by atoms with Crippen molar-refractivity contribution in [3.8, 4) is 0 Å². The van der Waals surface area contributed by atoms with Gasteiger partial charge in [0.25, 0.3) is 0 Å². The van der Waals surface area contributed by atoms with Gasteiger partial charge in [-0.1, -0.05) is 13.8 Å². The Morgan fingerprint density at radius 3 is 3.00 bits per heavy atom. The van der Waals surface area contributed by atoms with E-state index in [1.807, 2.05) is 11.8 Å². The van der Waals surface area contributed by atoms with E-state index < -0.39 is 0 Å². The highest BCUT2D eigenvalue weighted by Crippen LogP contribution is 2.24. The van der Waals surface area contributed by atoms with Gasteiger partial charge in [-0.2, -0.15) is 11.8 Å². The number of halogens is 2. The van der Waals surface area contributed by atoms with E-state index in [9.17, 15) is 4.39 Å². The molecular weight excluding hydrogens is 414 g/mol. The van der Waals surface area contributed by atoms with Crippen molar-refractivity contribution in [2.45, 2.75) is 25.6 Å². The molecule has 1 aliphatic rings. The molecule has 4 nitrogen and oxygen atoms in total. The van der Waals surface area contributed by atoms with Crippen LogP contribution in [-0.2, 0) is 6.54 Å². The maximum absolute atomic E-state index is 13.6. The highest BCUT2D eigenvalue weighted by molar-refractivity contribution is 14.0. The Morgan fingerprint density at radius 1 is 1.59 bits per heavy atom. The monoisotopic (exact) mass is 438 g/mol. The number of thioether (sulfide) groups is 1. The van der Waals surface area contributed by atoms with Crippen LogP contribution in [0.1, 0.15) is 19.5 Å². The van der Waals surface area contributed by atoms with Gasteiger partial charge in [0.2, 0.25) is 0 Å². The summed E-state index contributed by atoms with van der Waals surface area (Å²) in [5.41, 5.74) is 0.422. The number of hydrogen-bond donors (Lipinski definition) is 1. The lowest BCUT2D eigenvalue weighted by molar-refractivity contribution is 0.380. The fourth-order valence-corrected chi connectivity index (χ4v) is 3.61. The standard InChI is InChI=1S/C15H23FN4S.HI/c1-11(2)14-10-20(7-8-21-14)15(17-3)19-9-13-12(16)5-4-6-18-13;/h4-6,11,14H,7-10H2,1-3H3,(H,17,19);1H. The fraction of sp³-hybridized carbons (Fsp3) is 0.600. The summed E-state index contributed by atoms with van der Waals surface area (Å²) in [7, 11) is 1.77. The number of aromatic nitrogens is 1. The lowest BCUT2D eigenvalue weighted by Crippen LogP contribution is -2.48. The van der Waals surface area contributed by atoms with Crippen LogP contribution in [0.5, 0.6) is 0 Å². The van der Waals surface area contributed by atoms with Gasteiger partial charge in [-0.25, -0.2) is 4.39 Å². The number of hydrogen-bond acceptors (Lipinski definition) is 3. The molecule has 1 N–H and O–H groups in total. The van der Waals surface area contributed by atoms with Crippen LogP contribution >= 0.6 is 35.7 Å². The van der Waals surface area contributed by atoms with Crippen LogP contribution in [0.25, 0.3) is 0 Å². The SMILES string of the molecule is CN=C(NCc1ncccc1F)N1CCSC(C(C)C)C1.I. The molecule has 0 radical (unpaired) electrons. The van der Waals surface area contributed by atoms with Crippen molar-refractivity contribution in [2.24, 2.45) is 10.9 Å². The molecule has 1 aromatic heterocycles. The molecule has 2 heterocycles. The summed E-state index contributed by atoms with van der Waals surface area (Å²) in [5, 5.41) is 3.83. The lowest BCUT2D eigenvalue weighted by Gasteiger charge is -2.36. The summed E-state index contributed by atoms with van der Waals surface area (Å²) < 4.78 is 13.6. The summed E-state index contributed by atoms with van der Waals surface area (Å²) in [6.07, 6.45) is 1.61. The highest BCUT2D eigenvalue weighted by Gasteiger charge is 2.24. The maximum Gasteiger partial charge on any atom is 0.194 e. The van der Waals surface area contributed by atoms with Gasteiger partial charge in [-0.15, -0.1) is 24.0 Å². The molecule has 1 aliphatic heterocycles. The molecule has 0 spiro atoms. The Morgan fingerprint density at radius 2 is 2.36 bits per heavy atom. The first kappa shape index (κ1) is 19.5. The Bertz CT molecular complexity index is 498. The number of nitrogens with one attached hydrogen (secondary N) is 1. The summed E-state index contributed by atoms with van der Waals surface area (Å²) in [5.74, 6) is 2.28. The van der Waals surface area contributed by atoms with Crippen molar-refractivity contribution in [2.75, 3.05) is 25.9 Å². The zero-order chi connectivity index (χ0) is 15.2. The molecule has 1 unspecified atom stereocenters. The van der Waals surface area contributed by atoms with Gasteiger partial charge in [0.1, 0.15) is 5.82 Å². The van der Waals surface area contributed by atoms with E-state index in [0.717, 1.165) is 24.8 Å². The molecule has 0 amide bonds. The number of guanidine groups is 1. The molecular formula is C15H24FIN4S. The summed E-state index contributed by atoms with van der Waals surface area (Å²) >= 11 is 2.02. The quantitative estimate of drug-likeness (QED) is 0.448. The first-order valence-corrected chi connectivity index (χ1v) is 8.33. The Balaban J connectivity index is 0.00000242. The van der Waals surface area contributed by atoms with E-state index in [1.54, 1.807) is 19.3 Å². The number of pyridine rings is 1. The van der Waals surface area contributed by atoms with Crippen LogP contribution in [0.2, 0.25) is 0 Å². The van der Waals surface area contributed by atoms with Crippen molar-refractivity contribution < 1.29 is 4.39 Å². The van der Waals surface area contributed by atoms with Gasteiger partial charge >= 0.3 is 0 Å². The van der Waals surface area contributed by atoms with E-state index in [4.69, 9.17) is 0 Å². The molecule has 22 heavy (non-hydrogen) atoms. The second-order valence-corrected chi connectivity index (χ2v) is 6.78. The summed E-state index contributed by atoms with van der Waals surface area (Å²) in [6.45, 7) is 6.81. The molecule has 1 saturated heterocycles. The van der Waals surface area contributed by atoms with Crippen LogP contribution < -0.4 is 5.32 Å². The Kier molecular flexibility index (Phi) is 8.45. The topological polar surface area (TPSA) is 40.5 Å². The molecule has 0 saturated carbocycles. The molecule has 1 fully saturated rings. The number of nitrogens with zero attached hydrogens (tertiary/aromatic N) is 3. The average molecular weight is 438 g/mol. The maximum atomic E-state index is 13.6. The molecule has 1 aromatic rings. The Labute approximate surface area is 153 Å². The minimum atomic E-state index is -0.283. The van der Waals surface area contributed by atoms with Gasteiger partial charge in [-0.05, 0) is 18.1 Å². The van der Waals surface area contributed by atoms with Crippen LogP contribution in [0.3, 0.4) is 0 Å². The zero-order valence-corrected chi connectivity index (χ0v) is 16.4. The first-order valence-electron chi connectivity index (χ1n) is 7.28.